The lowest BCUT2D eigenvalue weighted by Gasteiger charge is -2.27. The maximum atomic E-state index is 13.4. The van der Waals surface area contributed by atoms with Crippen molar-refractivity contribution >= 4 is 11.8 Å². The molecule has 1 aromatic carbocycles. The summed E-state index contributed by atoms with van der Waals surface area (Å²) in [5.41, 5.74) is 0.932. The van der Waals surface area contributed by atoms with Crippen LogP contribution in [0.15, 0.2) is 34.9 Å². The van der Waals surface area contributed by atoms with Crippen LogP contribution in [0.5, 0.6) is 11.6 Å². The van der Waals surface area contributed by atoms with E-state index in [2.05, 4.69) is 15.2 Å². The minimum Gasteiger partial charge on any atom is -0.496 e. The molecule has 9 nitrogen and oxygen atoms in total. The Bertz CT molecular complexity index is 1240. The molecule has 1 fully saturated rings. The van der Waals surface area contributed by atoms with Gasteiger partial charge in [-0.05, 0) is 43.4 Å². The highest BCUT2D eigenvalue weighted by Crippen LogP contribution is 2.30. The number of methoxy groups -OCH3 is 2. The van der Waals surface area contributed by atoms with E-state index in [-0.39, 0.29) is 42.6 Å². The highest BCUT2D eigenvalue weighted by atomic mass is 19.2. The van der Waals surface area contributed by atoms with Crippen molar-refractivity contribution in [1.29, 1.82) is 0 Å². The molecule has 1 aliphatic rings. The van der Waals surface area contributed by atoms with Crippen LogP contribution in [0.2, 0.25) is 0 Å². The molecule has 2 aromatic heterocycles. The van der Waals surface area contributed by atoms with Crippen molar-refractivity contribution in [3.05, 3.63) is 65.0 Å². The molecule has 1 aliphatic carbocycles. The van der Waals surface area contributed by atoms with Crippen molar-refractivity contribution in [3.8, 4) is 11.6 Å². The van der Waals surface area contributed by atoms with Gasteiger partial charge in [0.1, 0.15) is 11.9 Å². The third-order valence-electron chi connectivity index (χ3n) is 6.03. The van der Waals surface area contributed by atoms with E-state index in [1.54, 1.807) is 6.07 Å². The van der Waals surface area contributed by atoms with Gasteiger partial charge in [-0.3, -0.25) is 9.59 Å². The zero-order valence-corrected chi connectivity index (χ0v) is 19.8. The van der Waals surface area contributed by atoms with E-state index in [1.165, 1.54) is 26.5 Å². The summed E-state index contributed by atoms with van der Waals surface area (Å²) >= 11 is 0. The largest absolute Gasteiger partial charge is 0.496 e. The molecule has 1 saturated carbocycles. The summed E-state index contributed by atoms with van der Waals surface area (Å²) in [5, 5.41) is 7.59. The SMILES string of the molecule is COC(=O)C1CCC(Oc2cc(OC)c(CC(=O)c3nnc(Cc4ccc(F)c(F)c4)o3)cn2)CC1. The van der Waals surface area contributed by atoms with Gasteiger partial charge in [-0.25, -0.2) is 13.8 Å². The van der Waals surface area contributed by atoms with Crippen molar-refractivity contribution in [2.75, 3.05) is 14.2 Å². The molecule has 4 rings (SSSR count). The lowest BCUT2D eigenvalue weighted by atomic mass is 9.87. The first-order valence-electron chi connectivity index (χ1n) is 11.4. The Morgan fingerprint density at radius 2 is 1.83 bits per heavy atom. The van der Waals surface area contributed by atoms with Crippen LogP contribution >= 0.6 is 0 Å². The third kappa shape index (κ3) is 6.02. The number of ketones is 1. The highest BCUT2D eigenvalue weighted by molar-refractivity contribution is 5.93. The molecular weight excluding hydrogens is 476 g/mol. The Morgan fingerprint density at radius 3 is 2.53 bits per heavy atom. The number of benzene rings is 1. The molecule has 36 heavy (non-hydrogen) atoms. The van der Waals surface area contributed by atoms with E-state index < -0.39 is 17.4 Å². The molecule has 0 radical (unpaired) electrons. The zero-order valence-electron chi connectivity index (χ0n) is 19.8. The quantitative estimate of drug-likeness (QED) is 0.318. The van der Waals surface area contributed by atoms with Crippen LogP contribution in [0.4, 0.5) is 8.78 Å². The predicted octanol–water partition coefficient (Wildman–Crippen LogP) is 3.88. The first kappa shape index (κ1) is 25.2. The number of carbonyl (C=O) groups excluding carboxylic acids is 2. The van der Waals surface area contributed by atoms with E-state index in [0.717, 1.165) is 12.1 Å². The van der Waals surface area contributed by atoms with E-state index >= 15 is 0 Å². The fraction of sp³-hybridized carbons (Fsp3) is 0.400. The summed E-state index contributed by atoms with van der Waals surface area (Å²) in [7, 11) is 2.86. The molecule has 190 valence electrons. The Kier molecular flexibility index (Phi) is 7.87. The molecule has 0 saturated heterocycles. The highest BCUT2D eigenvalue weighted by Gasteiger charge is 2.28. The number of Topliss-reactive ketones (excluding diaryl/α,β-unsaturated/α-hetero) is 1. The van der Waals surface area contributed by atoms with Gasteiger partial charge >= 0.3 is 5.97 Å². The number of ether oxygens (including phenoxy) is 3. The van der Waals surface area contributed by atoms with Crippen LogP contribution in [0.25, 0.3) is 0 Å². The predicted molar refractivity (Wildman–Crippen MR) is 121 cm³/mol. The summed E-state index contributed by atoms with van der Waals surface area (Å²) < 4.78 is 48.1. The van der Waals surface area contributed by atoms with Gasteiger partial charge in [0.25, 0.3) is 5.89 Å². The van der Waals surface area contributed by atoms with Crippen LogP contribution in [-0.2, 0) is 22.4 Å². The number of carbonyl (C=O) groups is 2. The maximum absolute atomic E-state index is 13.4. The van der Waals surface area contributed by atoms with Gasteiger partial charge in [0.2, 0.25) is 17.6 Å². The van der Waals surface area contributed by atoms with Gasteiger partial charge in [0.15, 0.2) is 11.6 Å². The van der Waals surface area contributed by atoms with Gasteiger partial charge in [-0.2, -0.15) is 0 Å². The number of halogens is 2. The van der Waals surface area contributed by atoms with Crippen LogP contribution in [0.1, 0.15) is 53.4 Å². The Balaban J connectivity index is 1.36. The van der Waals surface area contributed by atoms with E-state index in [4.69, 9.17) is 18.6 Å². The molecule has 0 N–H and O–H groups in total. The molecular formula is C25H25F2N3O6. The zero-order chi connectivity index (χ0) is 25.7. The number of rotatable bonds is 9. The van der Waals surface area contributed by atoms with Crippen LogP contribution in [0.3, 0.4) is 0 Å². The number of aromatic nitrogens is 3. The van der Waals surface area contributed by atoms with Gasteiger partial charge in [-0.1, -0.05) is 6.07 Å². The average molecular weight is 501 g/mol. The number of nitrogens with zero attached hydrogens (tertiary/aromatic N) is 3. The summed E-state index contributed by atoms with van der Waals surface area (Å²) in [4.78, 5) is 28.7. The molecule has 3 aromatic rings. The molecule has 0 aliphatic heterocycles. The van der Waals surface area contributed by atoms with Crippen molar-refractivity contribution < 1.29 is 37.0 Å². The molecule has 2 heterocycles. The van der Waals surface area contributed by atoms with Crippen molar-refractivity contribution in [2.24, 2.45) is 5.92 Å². The fourth-order valence-corrected chi connectivity index (χ4v) is 4.10. The molecule has 0 atom stereocenters. The summed E-state index contributed by atoms with van der Waals surface area (Å²) in [6.07, 6.45) is 4.13. The second-order valence-corrected chi connectivity index (χ2v) is 8.48. The number of pyridine rings is 1. The van der Waals surface area contributed by atoms with Crippen LogP contribution in [0, 0.1) is 17.6 Å². The van der Waals surface area contributed by atoms with E-state index in [9.17, 15) is 18.4 Å². The van der Waals surface area contributed by atoms with Crippen molar-refractivity contribution in [3.63, 3.8) is 0 Å². The number of hydrogen-bond acceptors (Lipinski definition) is 9. The molecule has 0 unspecified atom stereocenters. The Morgan fingerprint density at radius 1 is 1.06 bits per heavy atom. The monoisotopic (exact) mass is 501 g/mol. The van der Waals surface area contributed by atoms with Gasteiger partial charge < -0.3 is 18.6 Å². The topological polar surface area (TPSA) is 114 Å². The number of esters is 1. The smallest absolute Gasteiger partial charge is 0.308 e. The third-order valence-corrected chi connectivity index (χ3v) is 6.03. The second-order valence-electron chi connectivity index (χ2n) is 8.48. The summed E-state index contributed by atoms with van der Waals surface area (Å²) in [5.74, 6) is -2.03. The first-order valence-corrected chi connectivity index (χ1v) is 11.4. The van der Waals surface area contributed by atoms with Gasteiger partial charge in [0, 0.05) is 24.2 Å². The Hall–Kier alpha value is -3.89. The normalized spacial score (nSPS) is 17.4. The molecule has 0 bridgehead atoms. The summed E-state index contributed by atoms with van der Waals surface area (Å²) in [6.45, 7) is 0. The lowest BCUT2D eigenvalue weighted by Crippen LogP contribution is -2.28. The minimum absolute atomic E-state index is 0.0515. The maximum Gasteiger partial charge on any atom is 0.308 e. The first-order chi connectivity index (χ1) is 17.4. The van der Waals surface area contributed by atoms with Gasteiger partial charge in [-0.15, -0.1) is 10.2 Å². The number of hydrogen-bond donors (Lipinski definition) is 0. The minimum atomic E-state index is -0.982. The lowest BCUT2D eigenvalue weighted by molar-refractivity contribution is -0.147. The van der Waals surface area contributed by atoms with Crippen LogP contribution < -0.4 is 9.47 Å². The van der Waals surface area contributed by atoms with E-state index in [1.807, 2.05) is 0 Å². The van der Waals surface area contributed by atoms with Crippen molar-refractivity contribution in [1.82, 2.24) is 15.2 Å². The second kappa shape index (κ2) is 11.2. The van der Waals surface area contributed by atoms with E-state index in [0.29, 0.717) is 48.4 Å². The fourth-order valence-electron chi connectivity index (χ4n) is 4.10. The Labute approximate surface area is 205 Å². The summed E-state index contributed by atoms with van der Waals surface area (Å²) in [6, 6.07) is 5.05. The molecule has 0 spiro atoms. The van der Waals surface area contributed by atoms with Crippen LogP contribution in [-0.4, -0.2) is 47.3 Å². The molecule has 11 heteroatoms. The molecule has 0 amide bonds. The standard InChI is InChI=1S/C25H25F2N3O6/c1-33-21-12-22(35-17-6-4-15(5-7-17)25(32)34-2)28-13-16(21)11-20(31)24-30-29-23(36-24)10-14-3-8-18(26)19(27)9-14/h3,8-9,12-13,15,17H,4-7,10-11H2,1-2H3. The average Bonchev–Trinajstić information content (AvgIpc) is 3.35. The van der Waals surface area contributed by atoms with Gasteiger partial charge in [0.05, 0.1) is 26.6 Å². The van der Waals surface area contributed by atoms with Crippen molar-refractivity contribution in [2.45, 2.75) is 44.6 Å².